The van der Waals surface area contributed by atoms with Gasteiger partial charge in [0.1, 0.15) is 11.9 Å². The number of fused-ring (bicyclic) bond motifs is 1. The first-order valence-corrected chi connectivity index (χ1v) is 8.04. The summed E-state index contributed by atoms with van der Waals surface area (Å²) in [6, 6.07) is 2.47. The summed E-state index contributed by atoms with van der Waals surface area (Å²) in [5, 5.41) is 9.65. The van der Waals surface area contributed by atoms with Gasteiger partial charge >= 0.3 is 0 Å². The number of hydrogen-bond donors (Lipinski definition) is 0. The van der Waals surface area contributed by atoms with Gasteiger partial charge in [-0.2, -0.15) is 5.26 Å². The van der Waals surface area contributed by atoms with Crippen molar-refractivity contribution in [3.63, 3.8) is 0 Å². The van der Waals surface area contributed by atoms with Gasteiger partial charge in [0.2, 0.25) is 0 Å². The minimum absolute atomic E-state index is 0.874. The summed E-state index contributed by atoms with van der Waals surface area (Å²) in [5.41, 5.74) is 4.81. The number of pyridine rings is 1. The van der Waals surface area contributed by atoms with Crippen molar-refractivity contribution in [2.24, 2.45) is 0 Å². The molecule has 0 radical (unpaired) electrons. The molecular formula is C17H23N3. The van der Waals surface area contributed by atoms with Crippen LogP contribution in [0.3, 0.4) is 0 Å². The molecule has 1 aliphatic carbocycles. The van der Waals surface area contributed by atoms with Crippen LogP contribution in [0.2, 0.25) is 0 Å². The molecule has 2 heterocycles. The van der Waals surface area contributed by atoms with Crippen molar-refractivity contribution in [1.29, 1.82) is 5.26 Å². The lowest BCUT2D eigenvalue weighted by Crippen LogP contribution is -2.32. The maximum Gasteiger partial charge on any atom is 0.147 e. The Balaban J connectivity index is 2.11. The third-order valence-electron chi connectivity index (χ3n) is 4.68. The van der Waals surface area contributed by atoms with E-state index in [4.69, 9.17) is 4.98 Å². The molecule has 1 fully saturated rings. The lowest BCUT2D eigenvalue weighted by Gasteiger charge is -2.31. The molecular weight excluding hydrogens is 246 g/mol. The average Bonchev–Trinajstić information content (AvgIpc) is 2.54. The Morgan fingerprint density at radius 3 is 2.40 bits per heavy atom. The summed E-state index contributed by atoms with van der Waals surface area (Å²) in [7, 11) is 0. The summed E-state index contributed by atoms with van der Waals surface area (Å²) in [6.45, 7) is 4.30. The van der Waals surface area contributed by atoms with Crippen LogP contribution in [0.4, 0.5) is 5.82 Å². The van der Waals surface area contributed by atoms with E-state index in [0.717, 1.165) is 43.7 Å². The summed E-state index contributed by atoms with van der Waals surface area (Å²) in [4.78, 5) is 7.25. The molecule has 20 heavy (non-hydrogen) atoms. The quantitative estimate of drug-likeness (QED) is 0.826. The fourth-order valence-corrected chi connectivity index (χ4v) is 3.63. The van der Waals surface area contributed by atoms with E-state index in [-0.39, 0.29) is 0 Å². The van der Waals surface area contributed by atoms with Crippen LogP contribution < -0.4 is 4.90 Å². The zero-order valence-electron chi connectivity index (χ0n) is 12.4. The lowest BCUT2D eigenvalue weighted by atomic mass is 9.87. The fraction of sp³-hybridized carbons (Fsp3) is 0.647. The molecule has 0 atom stereocenters. The highest BCUT2D eigenvalue weighted by molar-refractivity contribution is 5.61. The minimum Gasteiger partial charge on any atom is -0.356 e. The normalized spacial score (nSPS) is 18.5. The fourth-order valence-electron chi connectivity index (χ4n) is 3.63. The smallest absolute Gasteiger partial charge is 0.147 e. The zero-order valence-corrected chi connectivity index (χ0v) is 12.4. The minimum atomic E-state index is 0.874. The number of anilines is 1. The van der Waals surface area contributed by atoms with Gasteiger partial charge in [0.05, 0.1) is 5.56 Å². The van der Waals surface area contributed by atoms with Crippen molar-refractivity contribution in [3.8, 4) is 6.07 Å². The molecule has 0 bridgehead atoms. The Hall–Kier alpha value is -1.56. The van der Waals surface area contributed by atoms with E-state index in [0.29, 0.717) is 0 Å². The maximum atomic E-state index is 9.65. The topological polar surface area (TPSA) is 39.9 Å². The second-order valence-electron chi connectivity index (χ2n) is 5.93. The highest BCUT2D eigenvalue weighted by Gasteiger charge is 2.24. The van der Waals surface area contributed by atoms with Gasteiger partial charge in [0.15, 0.2) is 0 Å². The van der Waals surface area contributed by atoms with E-state index >= 15 is 0 Å². The Labute approximate surface area is 121 Å². The SMILES string of the molecule is CCc1nc(N2CCCCC2)c(C#N)c2c1CCCC2. The summed E-state index contributed by atoms with van der Waals surface area (Å²) in [6.07, 6.45) is 9.38. The van der Waals surface area contributed by atoms with Gasteiger partial charge in [-0.05, 0) is 62.5 Å². The number of aromatic nitrogens is 1. The van der Waals surface area contributed by atoms with Gasteiger partial charge in [-0.3, -0.25) is 0 Å². The molecule has 0 saturated carbocycles. The van der Waals surface area contributed by atoms with Crippen molar-refractivity contribution in [2.75, 3.05) is 18.0 Å². The largest absolute Gasteiger partial charge is 0.356 e. The molecule has 2 aliphatic rings. The molecule has 1 aromatic heterocycles. The van der Waals surface area contributed by atoms with Gasteiger partial charge in [0.25, 0.3) is 0 Å². The molecule has 0 unspecified atom stereocenters. The highest BCUT2D eigenvalue weighted by atomic mass is 15.2. The van der Waals surface area contributed by atoms with Crippen LogP contribution in [0, 0.1) is 11.3 Å². The Morgan fingerprint density at radius 2 is 1.75 bits per heavy atom. The molecule has 1 aromatic rings. The standard InChI is InChI=1S/C17H23N3/c1-2-16-14-9-5-4-8-13(14)15(12-18)17(19-16)20-10-6-3-7-11-20/h2-11H2,1H3. The molecule has 0 N–H and O–H groups in total. The molecule has 0 aromatic carbocycles. The van der Waals surface area contributed by atoms with Crippen LogP contribution in [0.15, 0.2) is 0 Å². The van der Waals surface area contributed by atoms with E-state index in [9.17, 15) is 5.26 Å². The van der Waals surface area contributed by atoms with E-state index in [1.807, 2.05) is 0 Å². The Kier molecular flexibility index (Phi) is 3.91. The second-order valence-corrected chi connectivity index (χ2v) is 5.93. The molecule has 0 amide bonds. The first kappa shape index (κ1) is 13.4. The predicted octanol–water partition coefficient (Wildman–Crippen LogP) is 3.38. The maximum absolute atomic E-state index is 9.65. The number of piperidine rings is 1. The first-order valence-electron chi connectivity index (χ1n) is 8.04. The summed E-state index contributed by atoms with van der Waals surface area (Å²) < 4.78 is 0. The third kappa shape index (κ3) is 2.28. The van der Waals surface area contributed by atoms with Crippen molar-refractivity contribution in [3.05, 3.63) is 22.4 Å². The monoisotopic (exact) mass is 269 g/mol. The van der Waals surface area contributed by atoms with E-state index in [2.05, 4.69) is 17.9 Å². The predicted molar refractivity (Wildman–Crippen MR) is 81.0 cm³/mol. The van der Waals surface area contributed by atoms with Crippen LogP contribution in [0.25, 0.3) is 0 Å². The van der Waals surface area contributed by atoms with Crippen LogP contribution in [-0.2, 0) is 19.3 Å². The molecule has 3 nitrogen and oxygen atoms in total. The van der Waals surface area contributed by atoms with E-state index < -0.39 is 0 Å². The van der Waals surface area contributed by atoms with Crippen LogP contribution >= 0.6 is 0 Å². The molecule has 106 valence electrons. The molecule has 1 saturated heterocycles. The van der Waals surface area contributed by atoms with Gasteiger partial charge in [0, 0.05) is 18.8 Å². The summed E-state index contributed by atoms with van der Waals surface area (Å²) >= 11 is 0. The lowest BCUT2D eigenvalue weighted by molar-refractivity contribution is 0.570. The van der Waals surface area contributed by atoms with Gasteiger partial charge in [-0.1, -0.05) is 6.92 Å². The van der Waals surface area contributed by atoms with Crippen molar-refractivity contribution in [2.45, 2.75) is 58.3 Å². The van der Waals surface area contributed by atoms with Gasteiger partial charge < -0.3 is 4.90 Å². The van der Waals surface area contributed by atoms with E-state index in [1.54, 1.807) is 0 Å². The van der Waals surface area contributed by atoms with Crippen molar-refractivity contribution in [1.82, 2.24) is 4.98 Å². The van der Waals surface area contributed by atoms with Crippen LogP contribution in [0.5, 0.6) is 0 Å². The van der Waals surface area contributed by atoms with Gasteiger partial charge in [-0.25, -0.2) is 4.98 Å². The Bertz CT molecular complexity index is 536. The third-order valence-corrected chi connectivity index (χ3v) is 4.68. The zero-order chi connectivity index (χ0) is 13.9. The number of hydrogen-bond acceptors (Lipinski definition) is 3. The molecule has 0 spiro atoms. The second kappa shape index (κ2) is 5.83. The number of aryl methyl sites for hydroxylation is 1. The van der Waals surface area contributed by atoms with E-state index in [1.165, 1.54) is 48.9 Å². The van der Waals surface area contributed by atoms with Crippen molar-refractivity contribution >= 4 is 5.82 Å². The average molecular weight is 269 g/mol. The molecule has 3 heteroatoms. The number of nitriles is 1. The summed E-state index contributed by atoms with van der Waals surface area (Å²) in [5.74, 6) is 0.977. The van der Waals surface area contributed by atoms with Crippen LogP contribution in [-0.4, -0.2) is 18.1 Å². The molecule has 1 aliphatic heterocycles. The number of rotatable bonds is 2. The van der Waals surface area contributed by atoms with Crippen molar-refractivity contribution < 1.29 is 0 Å². The van der Waals surface area contributed by atoms with Crippen LogP contribution in [0.1, 0.15) is 61.4 Å². The Morgan fingerprint density at radius 1 is 1.05 bits per heavy atom. The first-order chi connectivity index (χ1) is 9.85. The van der Waals surface area contributed by atoms with Gasteiger partial charge in [-0.15, -0.1) is 0 Å². The number of nitrogens with zero attached hydrogens (tertiary/aromatic N) is 3. The molecule has 3 rings (SSSR count). The highest BCUT2D eigenvalue weighted by Crippen LogP contribution is 2.33.